The number of aromatic nitrogens is 5. The average molecular weight is 339 g/mol. The normalized spacial score (nSPS) is 10.9. The maximum Gasteiger partial charge on any atom is 0.207 e. The van der Waals surface area contributed by atoms with E-state index in [0.717, 1.165) is 0 Å². The highest BCUT2D eigenvalue weighted by Gasteiger charge is 2.12. The fourth-order valence-corrected chi connectivity index (χ4v) is 1.99. The maximum atomic E-state index is 13.6. The summed E-state index contributed by atoms with van der Waals surface area (Å²) in [7, 11) is 0. The van der Waals surface area contributed by atoms with E-state index in [2.05, 4.69) is 41.3 Å². The number of nitrogens with zero attached hydrogens (tertiary/aromatic N) is 4. The number of nitrogens with one attached hydrogen (secondary N) is 1. The lowest BCUT2D eigenvalue weighted by atomic mass is 10.3. The van der Waals surface area contributed by atoms with Crippen LogP contribution in [0.3, 0.4) is 0 Å². The molecule has 3 heterocycles. The lowest BCUT2D eigenvalue weighted by Crippen LogP contribution is -2.03. The molecule has 0 radical (unpaired) electrons. The zero-order valence-electron chi connectivity index (χ0n) is 9.97. The number of anilines is 1. The van der Waals surface area contributed by atoms with Gasteiger partial charge in [-0.05, 0) is 28.1 Å². The van der Waals surface area contributed by atoms with E-state index < -0.39 is 5.82 Å². The molecule has 3 aromatic heterocycles. The van der Waals surface area contributed by atoms with Crippen LogP contribution in [0.5, 0.6) is 5.75 Å². The predicted molar refractivity (Wildman–Crippen MR) is 72.3 cm³/mol. The lowest BCUT2D eigenvalue weighted by molar-refractivity contribution is 0.297. The van der Waals surface area contributed by atoms with Crippen molar-refractivity contribution in [2.45, 2.75) is 6.61 Å². The number of halogens is 2. The van der Waals surface area contributed by atoms with Gasteiger partial charge in [0.15, 0.2) is 11.3 Å². The second-order valence-electron chi connectivity index (χ2n) is 3.89. The number of nitrogens with two attached hydrogens (primary N) is 1. The molecule has 0 saturated heterocycles. The molecule has 20 heavy (non-hydrogen) atoms. The van der Waals surface area contributed by atoms with Crippen LogP contribution in [0.4, 0.5) is 10.2 Å². The largest absolute Gasteiger partial charge is 0.485 e. The molecule has 0 spiro atoms. The Hall–Kier alpha value is -2.29. The number of pyridine rings is 2. The molecule has 0 saturated carbocycles. The summed E-state index contributed by atoms with van der Waals surface area (Å²) in [4.78, 5) is 7.98. The Morgan fingerprint density at radius 3 is 3.00 bits per heavy atom. The van der Waals surface area contributed by atoms with Crippen molar-refractivity contribution < 1.29 is 9.13 Å². The highest BCUT2D eigenvalue weighted by Crippen LogP contribution is 2.24. The van der Waals surface area contributed by atoms with E-state index in [-0.39, 0.29) is 18.1 Å². The monoisotopic (exact) mass is 338 g/mol. The molecule has 0 aromatic carbocycles. The van der Waals surface area contributed by atoms with Gasteiger partial charge in [-0.15, -0.1) is 5.10 Å². The number of nitrogen functional groups attached to an aromatic ring is 1. The first-order chi connectivity index (χ1) is 9.63. The van der Waals surface area contributed by atoms with Crippen LogP contribution in [0.1, 0.15) is 5.69 Å². The average Bonchev–Trinajstić information content (AvgIpc) is 2.87. The van der Waals surface area contributed by atoms with Crippen LogP contribution in [0.15, 0.2) is 22.8 Å². The minimum atomic E-state index is -0.452. The lowest BCUT2D eigenvalue weighted by Gasteiger charge is -2.07. The molecular formula is C11H8BrFN6O. The third-order valence-corrected chi connectivity index (χ3v) is 2.97. The van der Waals surface area contributed by atoms with Crippen LogP contribution in [-0.2, 0) is 6.61 Å². The topological polar surface area (TPSA) is 103 Å². The van der Waals surface area contributed by atoms with Crippen molar-refractivity contribution in [1.82, 2.24) is 25.4 Å². The van der Waals surface area contributed by atoms with E-state index in [4.69, 9.17) is 10.5 Å². The van der Waals surface area contributed by atoms with Gasteiger partial charge in [0, 0.05) is 6.07 Å². The van der Waals surface area contributed by atoms with Crippen molar-refractivity contribution in [3.05, 3.63) is 34.3 Å². The zero-order valence-corrected chi connectivity index (χ0v) is 11.6. The van der Waals surface area contributed by atoms with Crippen molar-refractivity contribution >= 4 is 32.9 Å². The fraction of sp³-hybridized carbons (Fsp3) is 0.0909. The standard InChI is InChI=1S/C11H8BrFN6O/c12-8-2-1-5(13)6(15-8)4-20-7-3-9(14)16-11-10(7)17-19-18-11/h1-3H,4H2,(H3,14,16,17,18,19). The van der Waals surface area contributed by atoms with Crippen molar-refractivity contribution in [2.24, 2.45) is 0 Å². The van der Waals surface area contributed by atoms with E-state index in [0.29, 0.717) is 21.5 Å². The Morgan fingerprint density at radius 2 is 2.15 bits per heavy atom. The third-order valence-electron chi connectivity index (χ3n) is 2.53. The molecule has 0 bridgehead atoms. The molecule has 7 nitrogen and oxygen atoms in total. The van der Waals surface area contributed by atoms with E-state index in [1.54, 1.807) is 0 Å². The van der Waals surface area contributed by atoms with Crippen LogP contribution in [0.2, 0.25) is 0 Å². The molecule has 0 aliphatic rings. The summed E-state index contributed by atoms with van der Waals surface area (Å²) in [5.74, 6) is 0.151. The van der Waals surface area contributed by atoms with Gasteiger partial charge in [-0.1, -0.05) is 0 Å². The first-order valence-corrected chi connectivity index (χ1v) is 6.33. The van der Waals surface area contributed by atoms with Crippen LogP contribution < -0.4 is 10.5 Å². The minimum Gasteiger partial charge on any atom is -0.485 e. The molecule has 0 aliphatic heterocycles. The number of hydrogen-bond donors (Lipinski definition) is 2. The molecule has 0 amide bonds. The van der Waals surface area contributed by atoms with Gasteiger partial charge >= 0.3 is 0 Å². The zero-order chi connectivity index (χ0) is 14.1. The Kier molecular flexibility index (Phi) is 3.18. The quantitative estimate of drug-likeness (QED) is 0.706. The third kappa shape index (κ3) is 2.39. The summed E-state index contributed by atoms with van der Waals surface area (Å²) < 4.78 is 19.6. The van der Waals surface area contributed by atoms with Gasteiger partial charge in [0.2, 0.25) is 5.65 Å². The van der Waals surface area contributed by atoms with Crippen LogP contribution in [0, 0.1) is 5.82 Å². The number of hydrogen-bond acceptors (Lipinski definition) is 6. The van der Waals surface area contributed by atoms with Crippen molar-refractivity contribution in [2.75, 3.05) is 5.73 Å². The summed E-state index contributed by atoms with van der Waals surface area (Å²) >= 11 is 3.18. The molecule has 3 aromatic rings. The summed E-state index contributed by atoms with van der Waals surface area (Å²) in [5, 5.41) is 10.2. The Bertz CT molecular complexity index is 777. The van der Waals surface area contributed by atoms with E-state index in [1.807, 2.05) is 0 Å². The molecule has 102 valence electrons. The molecule has 3 N–H and O–H groups in total. The van der Waals surface area contributed by atoms with Gasteiger partial charge in [-0.2, -0.15) is 10.3 Å². The Morgan fingerprint density at radius 1 is 1.30 bits per heavy atom. The summed E-state index contributed by atoms with van der Waals surface area (Å²) in [6.45, 7) is -0.0588. The number of rotatable bonds is 3. The van der Waals surface area contributed by atoms with Gasteiger partial charge < -0.3 is 10.5 Å². The molecule has 0 fully saturated rings. The SMILES string of the molecule is Nc1cc(OCc2nc(Br)ccc2F)c2n[nH]nc2n1. The van der Waals surface area contributed by atoms with E-state index >= 15 is 0 Å². The van der Waals surface area contributed by atoms with Gasteiger partial charge in [0.1, 0.15) is 28.5 Å². The molecule has 9 heteroatoms. The first kappa shape index (κ1) is 12.7. The van der Waals surface area contributed by atoms with Crippen molar-refractivity contribution in [3.8, 4) is 5.75 Å². The van der Waals surface area contributed by atoms with Gasteiger partial charge in [0.05, 0.1) is 0 Å². The van der Waals surface area contributed by atoms with E-state index in [9.17, 15) is 4.39 Å². The highest BCUT2D eigenvalue weighted by atomic mass is 79.9. The molecule has 0 atom stereocenters. The molecule has 0 aliphatic carbocycles. The summed E-state index contributed by atoms with van der Waals surface area (Å²) in [6.07, 6.45) is 0. The number of aromatic amines is 1. The van der Waals surface area contributed by atoms with Crippen molar-refractivity contribution in [1.29, 1.82) is 0 Å². The predicted octanol–water partition coefficient (Wildman–Crippen LogP) is 1.81. The summed E-state index contributed by atoms with van der Waals surface area (Å²) in [5.41, 5.74) is 6.57. The van der Waals surface area contributed by atoms with Crippen LogP contribution in [-0.4, -0.2) is 25.4 Å². The summed E-state index contributed by atoms with van der Waals surface area (Å²) in [6, 6.07) is 4.32. The minimum absolute atomic E-state index is 0.0588. The number of fused-ring (bicyclic) bond motifs is 1. The number of H-pyrrole nitrogens is 1. The van der Waals surface area contributed by atoms with Gasteiger partial charge in [-0.3, -0.25) is 0 Å². The van der Waals surface area contributed by atoms with Crippen molar-refractivity contribution in [3.63, 3.8) is 0 Å². The Labute approximate surface area is 120 Å². The second kappa shape index (κ2) is 5.00. The van der Waals surface area contributed by atoms with Gasteiger partial charge in [0.25, 0.3) is 0 Å². The molecule has 0 unspecified atom stereocenters. The molecule has 3 rings (SSSR count). The molecular weight excluding hydrogens is 331 g/mol. The Balaban J connectivity index is 1.90. The van der Waals surface area contributed by atoms with Gasteiger partial charge in [-0.25, -0.2) is 14.4 Å². The first-order valence-electron chi connectivity index (χ1n) is 5.54. The number of ether oxygens (including phenoxy) is 1. The van der Waals surface area contributed by atoms with Crippen LogP contribution in [0.25, 0.3) is 11.2 Å². The fourth-order valence-electron chi connectivity index (χ4n) is 1.64. The van der Waals surface area contributed by atoms with E-state index in [1.165, 1.54) is 18.2 Å². The smallest absolute Gasteiger partial charge is 0.207 e. The maximum absolute atomic E-state index is 13.6. The highest BCUT2D eigenvalue weighted by molar-refractivity contribution is 9.10. The van der Waals surface area contributed by atoms with Crippen LogP contribution >= 0.6 is 15.9 Å². The second-order valence-corrected chi connectivity index (χ2v) is 4.70.